The lowest BCUT2D eigenvalue weighted by Crippen LogP contribution is -2.28. The van der Waals surface area contributed by atoms with Crippen molar-refractivity contribution in [2.75, 3.05) is 66.6 Å². The van der Waals surface area contributed by atoms with E-state index in [1.165, 1.54) is 12.1 Å². The Morgan fingerprint density at radius 1 is 1.00 bits per heavy atom. The fraction of sp³-hybridized carbons (Fsp3) is 0.378. The minimum absolute atomic E-state index is 0.00462. The second-order valence-corrected chi connectivity index (χ2v) is 14.3. The number of phosphoric acid groups is 1. The smallest absolute Gasteiger partial charge is 0.471 e. The summed E-state index contributed by atoms with van der Waals surface area (Å²) in [6.45, 7) is -0.0421. The molecule has 0 aromatic heterocycles. The van der Waals surface area contributed by atoms with Crippen molar-refractivity contribution in [2.24, 2.45) is 5.73 Å². The Morgan fingerprint density at radius 3 is 2.43 bits per heavy atom. The predicted octanol–water partition coefficient (Wildman–Crippen LogP) is 3.47. The summed E-state index contributed by atoms with van der Waals surface area (Å²) in [6, 6.07) is 15.8. The number of ether oxygens (including phenoxy) is 2. The van der Waals surface area contributed by atoms with Crippen molar-refractivity contribution < 1.29 is 56.7 Å². The van der Waals surface area contributed by atoms with Gasteiger partial charge in [-0.05, 0) is 48.4 Å². The average Bonchev–Trinajstić information content (AvgIpc) is 3.13. The van der Waals surface area contributed by atoms with Crippen molar-refractivity contribution in [3.05, 3.63) is 71.1 Å². The molecule has 0 spiro atoms. The summed E-state index contributed by atoms with van der Waals surface area (Å²) in [5, 5.41) is 14.7. The zero-order chi connectivity index (χ0) is 39.6. The Kier molecular flexibility index (Phi) is 14.5. The number of nitrogens with two attached hydrogens (primary N) is 1. The summed E-state index contributed by atoms with van der Waals surface area (Å²) in [4.78, 5) is 60.5. The van der Waals surface area contributed by atoms with Crippen molar-refractivity contribution in [1.82, 2.24) is 9.89 Å². The van der Waals surface area contributed by atoms with Gasteiger partial charge < -0.3 is 39.8 Å². The molecule has 0 radical (unpaired) electrons. The van der Waals surface area contributed by atoms with E-state index in [1.54, 1.807) is 6.07 Å². The summed E-state index contributed by atoms with van der Waals surface area (Å²) >= 11 is 0. The molecule has 1 aliphatic carbocycles. The number of primary amides is 1. The summed E-state index contributed by atoms with van der Waals surface area (Å²) in [6.07, 6.45) is -0.967. The number of nitrogens with zero attached hydrogens (tertiary/aromatic N) is 2. The molecule has 1 heterocycles. The third-order valence-electron chi connectivity index (χ3n) is 8.36. The summed E-state index contributed by atoms with van der Waals surface area (Å²) < 4.78 is 40.1. The highest BCUT2D eigenvalue weighted by atomic mass is 31.2. The number of carboxylic acid groups (broad SMARTS) is 1. The molecule has 5 N–H and O–H groups in total. The maximum Gasteiger partial charge on any atom is 0.471 e. The number of rotatable bonds is 19. The number of hydrogen-bond acceptors (Lipinski definition) is 11. The van der Waals surface area contributed by atoms with Crippen LogP contribution in [0.25, 0.3) is 33.4 Å². The van der Waals surface area contributed by atoms with Crippen LogP contribution in [0.1, 0.15) is 46.4 Å². The lowest BCUT2D eigenvalue weighted by atomic mass is 9.89. The van der Waals surface area contributed by atoms with Crippen LogP contribution in [-0.4, -0.2) is 102 Å². The highest BCUT2D eigenvalue weighted by Gasteiger charge is 2.25. The van der Waals surface area contributed by atoms with Crippen LogP contribution >= 0.6 is 7.82 Å². The van der Waals surface area contributed by atoms with Crippen molar-refractivity contribution >= 4 is 48.2 Å². The second kappa shape index (κ2) is 18.8. The van der Waals surface area contributed by atoms with Crippen molar-refractivity contribution in [2.45, 2.75) is 31.8 Å². The van der Waals surface area contributed by atoms with Crippen LogP contribution < -0.4 is 25.9 Å². The molecule has 4 rings (SSSR count). The van der Waals surface area contributed by atoms with E-state index < -0.39 is 37.7 Å². The van der Waals surface area contributed by atoms with Gasteiger partial charge in [-0.1, -0.05) is 0 Å². The first kappa shape index (κ1) is 41.6. The SMILES string of the molecule is COP(=O)(O)OCCC(COCCCNC(=O)c1ccc(C(=O)O)c(-c2c3ccc(=[N+](C)C)cc-3oc3cc(N(C)C)ccc23)c1)OC(=O)CCC(N)=O. The highest BCUT2D eigenvalue weighted by Crippen LogP contribution is 2.43. The largest absolute Gasteiger partial charge is 0.478 e. The van der Waals surface area contributed by atoms with Gasteiger partial charge in [0.15, 0.2) is 0 Å². The van der Waals surface area contributed by atoms with E-state index in [2.05, 4.69) is 9.84 Å². The first-order valence-corrected chi connectivity index (χ1v) is 18.5. The van der Waals surface area contributed by atoms with E-state index in [9.17, 15) is 33.7 Å². The normalized spacial score (nSPS) is 12.9. The van der Waals surface area contributed by atoms with Gasteiger partial charge in [0, 0.05) is 87.1 Å². The molecule has 290 valence electrons. The third-order valence-corrected chi connectivity index (χ3v) is 9.33. The van der Waals surface area contributed by atoms with Crippen LogP contribution in [0.5, 0.6) is 0 Å². The van der Waals surface area contributed by atoms with Gasteiger partial charge in [-0.3, -0.25) is 23.4 Å². The quantitative estimate of drug-likeness (QED) is 0.0353. The van der Waals surface area contributed by atoms with Crippen LogP contribution in [0, 0.1) is 0 Å². The van der Waals surface area contributed by atoms with E-state index >= 15 is 0 Å². The van der Waals surface area contributed by atoms with Crippen LogP contribution in [0.3, 0.4) is 0 Å². The number of phosphoric ester groups is 1. The number of esters is 1. The molecule has 54 heavy (non-hydrogen) atoms. The number of hydrogen-bond donors (Lipinski definition) is 4. The van der Waals surface area contributed by atoms with Gasteiger partial charge in [-0.15, -0.1) is 0 Å². The lowest BCUT2D eigenvalue weighted by Gasteiger charge is -2.19. The van der Waals surface area contributed by atoms with Crippen molar-refractivity contribution in [3.8, 4) is 22.5 Å². The molecular weight excluding hydrogens is 723 g/mol. The summed E-state index contributed by atoms with van der Waals surface area (Å²) in [5.41, 5.74) is 8.43. The predicted molar refractivity (Wildman–Crippen MR) is 200 cm³/mol. The van der Waals surface area contributed by atoms with Gasteiger partial charge in [-0.25, -0.2) is 13.9 Å². The molecule has 2 atom stereocenters. The van der Waals surface area contributed by atoms with Gasteiger partial charge in [0.1, 0.15) is 31.5 Å². The van der Waals surface area contributed by atoms with Crippen molar-refractivity contribution in [1.29, 1.82) is 0 Å². The number of anilines is 1. The zero-order valence-corrected chi connectivity index (χ0v) is 31.7. The molecule has 0 saturated heterocycles. The van der Waals surface area contributed by atoms with E-state index in [0.717, 1.165) is 18.2 Å². The van der Waals surface area contributed by atoms with E-state index in [0.29, 0.717) is 39.8 Å². The Balaban J connectivity index is 1.50. The standard InChI is InChI=1S/C37H45N4O12P/c1-40(2)24-8-11-28-31(20-24)53-32-21-25(41(3)4)9-12-29(32)35(28)30-19-23(7-10-27(30)37(45)46)36(44)39-16-6-17-50-22-26(15-18-51-54(47,48)49-5)52-34(43)14-13-33(38)42/h7-12,19-21,26H,6,13-18,22H2,1-5H3,(H4-,38,39,42,44,45,46,47,48)/p+1. The lowest BCUT2D eigenvalue weighted by molar-refractivity contribution is -0.153. The maximum atomic E-state index is 13.4. The summed E-state index contributed by atoms with van der Waals surface area (Å²) in [5.74, 6) is -2.42. The number of aromatic carboxylic acids is 1. The van der Waals surface area contributed by atoms with E-state index in [4.69, 9.17) is 24.1 Å². The summed E-state index contributed by atoms with van der Waals surface area (Å²) in [7, 11) is 4.41. The molecule has 17 heteroatoms. The number of carboxylic acids is 1. The number of nitrogens with one attached hydrogen (secondary N) is 1. The highest BCUT2D eigenvalue weighted by molar-refractivity contribution is 7.47. The minimum Gasteiger partial charge on any atom is -0.478 e. The molecule has 2 amide bonds. The molecular formula is C37H46N4O12P+. The number of carbonyl (C=O) groups is 4. The second-order valence-electron chi connectivity index (χ2n) is 12.7. The van der Waals surface area contributed by atoms with Crippen molar-refractivity contribution in [3.63, 3.8) is 0 Å². The van der Waals surface area contributed by atoms with Gasteiger partial charge in [0.2, 0.25) is 11.3 Å². The molecule has 2 aliphatic rings. The van der Waals surface area contributed by atoms with Crippen LogP contribution in [0.15, 0.2) is 59.0 Å². The maximum absolute atomic E-state index is 13.4. The topological polar surface area (TPSA) is 220 Å². The Bertz CT molecular complexity index is 2090. The first-order valence-electron chi connectivity index (χ1n) is 17.0. The minimum atomic E-state index is -4.25. The third kappa shape index (κ3) is 11.2. The fourth-order valence-electron chi connectivity index (χ4n) is 5.48. The average molecular weight is 770 g/mol. The van der Waals surface area contributed by atoms with Gasteiger partial charge in [0.25, 0.3) is 5.91 Å². The zero-order valence-electron chi connectivity index (χ0n) is 30.8. The first-order chi connectivity index (χ1) is 25.6. The van der Waals surface area contributed by atoms with E-state index in [-0.39, 0.29) is 56.8 Å². The van der Waals surface area contributed by atoms with Crippen LogP contribution in [0.2, 0.25) is 0 Å². The molecule has 2 aromatic rings. The number of amides is 2. The fourth-order valence-corrected chi connectivity index (χ4v) is 5.93. The molecule has 16 nitrogen and oxygen atoms in total. The van der Waals surface area contributed by atoms with E-state index in [1.807, 2.05) is 74.1 Å². The van der Waals surface area contributed by atoms with Gasteiger partial charge >= 0.3 is 19.8 Å². The molecule has 2 unspecified atom stereocenters. The van der Waals surface area contributed by atoms with Gasteiger partial charge in [-0.2, -0.15) is 0 Å². The Hall–Kier alpha value is -5.12. The molecule has 0 bridgehead atoms. The molecule has 0 saturated carbocycles. The number of benzene rings is 3. The monoisotopic (exact) mass is 769 g/mol. The Morgan fingerprint density at radius 2 is 1.76 bits per heavy atom. The Labute approximate surface area is 312 Å². The molecule has 0 fully saturated rings. The number of carbonyl (C=O) groups excluding carboxylic acids is 3. The number of fused-ring (bicyclic) bond motifs is 2. The van der Waals surface area contributed by atoms with Crippen LogP contribution in [0.4, 0.5) is 5.69 Å². The van der Waals surface area contributed by atoms with Crippen LogP contribution in [-0.2, 0) is 32.7 Å². The molecule has 2 aromatic carbocycles. The molecule has 1 aliphatic heterocycles. The van der Waals surface area contributed by atoms with Gasteiger partial charge in [0.05, 0.1) is 31.3 Å².